The quantitative estimate of drug-likeness (QED) is 0.434. The number of thioether (sulfide) groups is 2. The fourth-order valence-electron chi connectivity index (χ4n) is 1.46. The lowest BCUT2D eigenvalue weighted by atomic mass is 10.2. The van der Waals surface area contributed by atoms with E-state index in [4.69, 9.17) is 4.74 Å². The molecule has 0 rings (SSSR count). The van der Waals surface area contributed by atoms with Crippen LogP contribution in [0.4, 0.5) is 4.79 Å². The summed E-state index contributed by atoms with van der Waals surface area (Å²) in [6.07, 6.45) is -0.391. The van der Waals surface area contributed by atoms with Gasteiger partial charge in [-0.1, -0.05) is 11.8 Å². The van der Waals surface area contributed by atoms with Gasteiger partial charge in [-0.3, -0.25) is 14.4 Å². The normalized spacial score (nSPS) is 12.1. The third-order valence-electron chi connectivity index (χ3n) is 2.72. The zero-order valence-corrected chi connectivity index (χ0v) is 17.8. The molecule has 11 heteroatoms. The van der Waals surface area contributed by atoms with Crippen LogP contribution < -0.4 is 5.32 Å². The fraction of sp³-hybridized carbons (Fsp3) is 0.688. The monoisotopic (exact) mass is 423 g/mol. The van der Waals surface area contributed by atoms with Crippen molar-refractivity contribution in [1.82, 2.24) is 5.32 Å². The molecule has 0 saturated heterocycles. The molecule has 0 saturated carbocycles. The second-order valence-corrected chi connectivity index (χ2v) is 8.83. The number of rotatable bonds is 9. The van der Waals surface area contributed by atoms with Gasteiger partial charge in [0.2, 0.25) is 12.7 Å². The number of ether oxygens (including phenoxy) is 3. The molecule has 0 aromatic carbocycles. The number of hydrogen-bond donors (Lipinski definition) is 1. The zero-order chi connectivity index (χ0) is 21.2. The van der Waals surface area contributed by atoms with E-state index in [-0.39, 0.29) is 10.9 Å². The van der Waals surface area contributed by atoms with Crippen LogP contribution in [-0.2, 0) is 33.4 Å². The van der Waals surface area contributed by atoms with Crippen LogP contribution in [0.15, 0.2) is 0 Å². The van der Waals surface area contributed by atoms with Crippen LogP contribution in [0.25, 0.3) is 0 Å². The van der Waals surface area contributed by atoms with Crippen LogP contribution >= 0.6 is 23.5 Å². The molecule has 1 N–H and O–H groups in total. The van der Waals surface area contributed by atoms with Crippen LogP contribution in [0.1, 0.15) is 41.5 Å². The minimum atomic E-state index is -1.29. The Balaban J connectivity index is 4.89. The summed E-state index contributed by atoms with van der Waals surface area (Å²) in [6, 6.07) is -1.05. The summed E-state index contributed by atoms with van der Waals surface area (Å²) in [5, 5.41) is 1.46. The molecule has 0 radical (unpaired) electrons. The molecule has 1 amide bonds. The molecule has 0 unspecified atom stereocenters. The predicted molar refractivity (Wildman–Crippen MR) is 101 cm³/mol. The molecule has 0 heterocycles. The Morgan fingerprint density at radius 1 is 1.04 bits per heavy atom. The first-order valence-corrected chi connectivity index (χ1v) is 9.79. The van der Waals surface area contributed by atoms with E-state index in [1.165, 1.54) is 20.8 Å². The summed E-state index contributed by atoms with van der Waals surface area (Å²) in [5.41, 5.74) is 0. The van der Waals surface area contributed by atoms with Crippen LogP contribution in [-0.4, -0.2) is 57.7 Å². The lowest BCUT2D eigenvalue weighted by Gasteiger charge is -2.25. The van der Waals surface area contributed by atoms with Crippen molar-refractivity contribution in [3.63, 3.8) is 0 Å². The molecule has 1 atom stereocenters. The minimum absolute atomic E-state index is 0.00424. The van der Waals surface area contributed by atoms with Crippen LogP contribution in [0.5, 0.6) is 0 Å². The van der Waals surface area contributed by atoms with Gasteiger partial charge in [0.25, 0.3) is 0 Å². The molecular formula is C16H25NO8S2. The smallest absolute Gasteiger partial charge is 0.371 e. The molecule has 0 spiro atoms. The van der Waals surface area contributed by atoms with E-state index in [1.54, 1.807) is 13.8 Å². The first-order valence-electron chi connectivity index (χ1n) is 7.99. The highest BCUT2D eigenvalue weighted by Crippen LogP contribution is 2.27. The molecule has 0 aromatic rings. The van der Waals surface area contributed by atoms with Gasteiger partial charge >= 0.3 is 17.2 Å². The van der Waals surface area contributed by atoms with Gasteiger partial charge in [-0.15, -0.1) is 0 Å². The summed E-state index contributed by atoms with van der Waals surface area (Å²) in [4.78, 5) is 58.2. The Kier molecular flexibility index (Phi) is 11.1. The van der Waals surface area contributed by atoms with Crippen molar-refractivity contribution in [3.05, 3.63) is 0 Å². The Morgan fingerprint density at radius 2 is 1.63 bits per heavy atom. The van der Waals surface area contributed by atoms with E-state index in [1.807, 2.05) is 0 Å². The topological polar surface area (TPSA) is 125 Å². The highest BCUT2D eigenvalue weighted by molar-refractivity contribution is 8.15. The van der Waals surface area contributed by atoms with E-state index in [0.717, 1.165) is 18.7 Å². The molecule has 9 nitrogen and oxygen atoms in total. The van der Waals surface area contributed by atoms with Crippen LogP contribution in [0, 0.1) is 0 Å². The number of amides is 1. The molecule has 0 aliphatic heterocycles. The highest BCUT2D eigenvalue weighted by atomic mass is 32.2. The van der Waals surface area contributed by atoms with Gasteiger partial charge in [-0.2, -0.15) is 0 Å². The van der Waals surface area contributed by atoms with Crippen molar-refractivity contribution >= 4 is 51.8 Å². The number of esters is 2. The van der Waals surface area contributed by atoms with Crippen molar-refractivity contribution in [1.29, 1.82) is 0 Å². The van der Waals surface area contributed by atoms with Gasteiger partial charge in [-0.25, -0.2) is 9.59 Å². The lowest BCUT2D eigenvalue weighted by Crippen LogP contribution is -2.50. The summed E-state index contributed by atoms with van der Waals surface area (Å²) in [6.45, 7) is 8.19. The van der Waals surface area contributed by atoms with E-state index < -0.39 is 46.8 Å². The van der Waals surface area contributed by atoms with Gasteiger partial charge in [0, 0.05) is 19.6 Å². The summed E-state index contributed by atoms with van der Waals surface area (Å²) >= 11 is 1.44. The van der Waals surface area contributed by atoms with Crippen LogP contribution in [0.3, 0.4) is 0 Å². The summed E-state index contributed by atoms with van der Waals surface area (Å²) in [5.74, 6) is -1.90. The summed E-state index contributed by atoms with van der Waals surface area (Å²) < 4.78 is 13.0. The maximum Gasteiger partial charge on any atom is 0.371 e. The Hall–Kier alpha value is -1.75. The van der Waals surface area contributed by atoms with Crippen LogP contribution in [0.2, 0.25) is 0 Å². The first-order chi connectivity index (χ1) is 12.3. The molecule has 0 aromatic heterocycles. The second-order valence-electron chi connectivity index (χ2n) is 6.07. The Bertz CT molecular complexity index is 577. The average Bonchev–Trinajstić information content (AvgIpc) is 2.49. The van der Waals surface area contributed by atoms with Crippen molar-refractivity contribution in [2.45, 2.75) is 58.4 Å². The molecular weight excluding hydrogens is 398 g/mol. The number of hydrogen-bond acceptors (Lipinski definition) is 10. The SMILES string of the molecule is CC(=O)OCOC(=O)SC(C)(C)C(=O)N[C@@H](CSC(C)=O)C(=O)OC(C)C. The van der Waals surface area contributed by atoms with Gasteiger partial charge in [-0.05, 0) is 39.5 Å². The lowest BCUT2D eigenvalue weighted by molar-refractivity contribution is -0.151. The largest absolute Gasteiger partial charge is 0.461 e. The van der Waals surface area contributed by atoms with Crippen molar-refractivity contribution in [2.75, 3.05) is 12.5 Å². The average molecular weight is 424 g/mol. The van der Waals surface area contributed by atoms with Gasteiger partial charge in [0.15, 0.2) is 5.12 Å². The highest BCUT2D eigenvalue weighted by Gasteiger charge is 2.36. The van der Waals surface area contributed by atoms with E-state index in [9.17, 15) is 24.0 Å². The number of carbonyl (C=O) groups excluding carboxylic acids is 5. The first kappa shape index (κ1) is 25.2. The fourth-order valence-corrected chi connectivity index (χ4v) is 2.76. The molecule has 0 fully saturated rings. The van der Waals surface area contributed by atoms with E-state index >= 15 is 0 Å². The van der Waals surface area contributed by atoms with Gasteiger partial charge in [0.1, 0.15) is 6.04 Å². The Labute approximate surface area is 166 Å². The maximum absolute atomic E-state index is 12.5. The molecule has 0 bridgehead atoms. The second kappa shape index (κ2) is 11.9. The standard InChI is InChI=1S/C16H25NO8S2/c1-9(2)25-13(20)12(7-26-11(4)19)17-14(21)16(5,6)27-15(22)24-8-23-10(3)18/h9,12H,7-8H2,1-6H3,(H,17,21)/t12-/m0/s1. The van der Waals surface area contributed by atoms with Crippen molar-refractivity contribution < 1.29 is 38.2 Å². The maximum atomic E-state index is 12.5. The summed E-state index contributed by atoms with van der Waals surface area (Å²) in [7, 11) is 0. The molecule has 0 aliphatic carbocycles. The van der Waals surface area contributed by atoms with Crippen molar-refractivity contribution in [2.24, 2.45) is 0 Å². The third-order valence-corrected chi connectivity index (χ3v) is 4.61. The van der Waals surface area contributed by atoms with E-state index in [2.05, 4.69) is 14.8 Å². The zero-order valence-electron chi connectivity index (χ0n) is 16.2. The van der Waals surface area contributed by atoms with Gasteiger partial charge < -0.3 is 19.5 Å². The number of nitrogens with one attached hydrogen (secondary N) is 1. The van der Waals surface area contributed by atoms with Gasteiger partial charge in [0.05, 0.1) is 10.9 Å². The Morgan fingerprint density at radius 3 is 2.11 bits per heavy atom. The minimum Gasteiger partial charge on any atom is -0.461 e. The predicted octanol–water partition coefficient (Wildman–Crippen LogP) is 1.87. The third kappa shape index (κ3) is 11.5. The van der Waals surface area contributed by atoms with Crippen molar-refractivity contribution in [3.8, 4) is 0 Å². The molecule has 27 heavy (non-hydrogen) atoms. The molecule has 154 valence electrons. The van der Waals surface area contributed by atoms with E-state index in [0.29, 0.717) is 11.8 Å². The molecule has 0 aliphatic rings. The number of carbonyl (C=O) groups is 5.